The standard InChI is InChI=1S/C19H23NO2/c1-14(2)8-6-9-15(3)22-19(21)20-18-13-7-11-16-10-4-5-12-17(16)18/h4-5,7-8,10-13,15H,6,9H2,1-3H3,(H,20,21)/t15-/m0/s1. The lowest BCUT2D eigenvalue weighted by Crippen LogP contribution is -2.20. The lowest BCUT2D eigenvalue weighted by Gasteiger charge is -2.14. The molecule has 0 bridgehead atoms. The van der Waals surface area contributed by atoms with Crippen LogP contribution in [0.15, 0.2) is 54.1 Å². The van der Waals surface area contributed by atoms with Gasteiger partial charge in [0.1, 0.15) is 6.10 Å². The van der Waals surface area contributed by atoms with Crippen molar-refractivity contribution in [1.82, 2.24) is 0 Å². The molecule has 1 N–H and O–H groups in total. The first kappa shape index (κ1) is 16.1. The van der Waals surface area contributed by atoms with Crippen molar-refractivity contribution < 1.29 is 9.53 Å². The van der Waals surface area contributed by atoms with Crippen LogP contribution in [0.1, 0.15) is 33.6 Å². The molecule has 0 saturated heterocycles. The molecular weight excluding hydrogens is 274 g/mol. The van der Waals surface area contributed by atoms with Gasteiger partial charge in [0.2, 0.25) is 0 Å². The molecule has 22 heavy (non-hydrogen) atoms. The number of hydrogen-bond donors (Lipinski definition) is 1. The molecule has 0 aliphatic carbocycles. The maximum Gasteiger partial charge on any atom is 0.411 e. The third kappa shape index (κ3) is 4.62. The highest BCUT2D eigenvalue weighted by Crippen LogP contribution is 2.23. The van der Waals surface area contributed by atoms with Gasteiger partial charge >= 0.3 is 6.09 Å². The number of anilines is 1. The maximum atomic E-state index is 12.0. The molecule has 0 unspecified atom stereocenters. The first-order valence-corrected chi connectivity index (χ1v) is 7.65. The largest absolute Gasteiger partial charge is 0.446 e. The van der Waals surface area contributed by atoms with Crippen molar-refractivity contribution in [1.29, 1.82) is 0 Å². The van der Waals surface area contributed by atoms with E-state index in [1.807, 2.05) is 49.4 Å². The fourth-order valence-corrected chi connectivity index (χ4v) is 2.32. The highest BCUT2D eigenvalue weighted by atomic mass is 16.6. The van der Waals surface area contributed by atoms with Gasteiger partial charge in [0.15, 0.2) is 0 Å². The Labute approximate surface area is 132 Å². The zero-order valence-electron chi connectivity index (χ0n) is 13.4. The first-order valence-electron chi connectivity index (χ1n) is 7.65. The van der Waals surface area contributed by atoms with Crippen molar-refractivity contribution in [3.63, 3.8) is 0 Å². The third-order valence-electron chi connectivity index (χ3n) is 3.46. The molecule has 0 aliphatic heterocycles. The van der Waals surface area contributed by atoms with Crippen LogP contribution in [0.3, 0.4) is 0 Å². The minimum absolute atomic E-state index is 0.106. The Balaban J connectivity index is 1.95. The summed E-state index contributed by atoms with van der Waals surface area (Å²) in [6, 6.07) is 13.8. The summed E-state index contributed by atoms with van der Waals surface area (Å²) in [5, 5.41) is 4.95. The van der Waals surface area contributed by atoms with E-state index in [-0.39, 0.29) is 6.10 Å². The Bertz CT molecular complexity index is 667. The number of carbonyl (C=O) groups excluding carboxylic acids is 1. The van der Waals surface area contributed by atoms with E-state index < -0.39 is 6.09 Å². The lowest BCUT2D eigenvalue weighted by atomic mass is 10.1. The van der Waals surface area contributed by atoms with Gasteiger partial charge < -0.3 is 4.74 Å². The van der Waals surface area contributed by atoms with E-state index in [9.17, 15) is 4.79 Å². The molecule has 1 amide bonds. The number of rotatable bonds is 5. The summed E-state index contributed by atoms with van der Waals surface area (Å²) in [7, 11) is 0. The predicted octanol–water partition coefficient (Wildman–Crippen LogP) is 5.52. The molecular formula is C19H23NO2. The average molecular weight is 297 g/mol. The van der Waals surface area contributed by atoms with Gasteiger partial charge in [0.05, 0.1) is 5.69 Å². The number of nitrogens with one attached hydrogen (secondary N) is 1. The Morgan fingerprint density at radius 3 is 2.68 bits per heavy atom. The van der Waals surface area contributed by atoms with Crippen LogP contribution >= 0.6 is 0 Å². The van der Waals surface area contributed by atoms with Crippen LogP contribution in [0.2, 0.25) is 0 Å². The summed E-state index contributed by atoms with van der Waals surface area (Å²) in [5.41, 5.74) is 2.06. The van der Waals surface area contributed by atoms with E-state index in [4.69, 9.17) is 4.74 Å². The molecule has 0 aromatic heterocycles. The molecule has 3 nitrogen and oxygen atoms in total. The average Bonchev–Trinajstić information content (AvgIpc) is 2.47. The quantitative estimate of drug-likeness (QED) is 0.737. The molecule has 2 aromatic rings. The van der Waals surface area contributed by atoms with Gasteiger partial charge in [-0.1, -0.05) is 48.0 Å². The van der Waals surface area contributed by atoms with Crippen molar-refractivity contribution in [2.45, 2.75) is 39.7 Å². The van der Waals surface area contributed by atoms with Crippen molar-refractivity contribution in [3.8, 4) is 0 Å². The Morgan fingerprint density at radius 1 is 1.18 bits per heavy atom. The maximum absolute atomic E-state index is 12.0. The molecule has 0 fully saturated rings. The van der Waals surface area contributed by atoms with Crippen LogP contribution in [-0.4, -0.2) is 12.2 Å². The number of fused-ring (bicyclic) bond motifs is 1. The molecule has 0 saturated carbocycles. The van der Waals surface area contributed by atoms with Crippen LogP contribution in [0.4, 0.5) is 10.5 Å². The second-order valence-electron chi connectivity index (χ2n) is 5.73. The zero-order valence-corrected chi connectivity index (χ0v) is 13.4. The Hall–Kier alpha value is -2.29. The molecule has 2 rings (SSSR count). The van der Waals surface area contributed by atoms with Gasteiger partial charge in [-0.2, -0.15) is 0 Å². The zero-order chi connectivity index (χ0) is 15.9. The Morgan fingerprint density at radius 2 is 1.91 bits per heavy atom. The van der Waals surface area contributed by atoms with Gasteiger partial charge in [-0.3, -0.25) is 5.32 Å². The van der Waals surface area contributed by atoms with Crippen LogP contribution in [0.5, 0.6) is 0 Å². The molecule has 0 aliphatic rings. The molecule has 116 valence electrons. The lowest BCUT2D eigenvalue weighted by molar-refractivity contribution is 0.116. The van der Waals surface area contributed by atoms with E-state index in [0.29, 0.717) is 0 Å². The topological polar surface area (TPSA) is 38.3 Å². The van der Waals surface area contributed by atoms with E-state index >= 15 is 0 Å². The van der Waals surface area contributed by atoms with Crippen LogP contribution < -0.4 is 5.32 Å². The normalized spacial score (nSPS) is 11.8. The van der Waals surface area contributed by atoms with Gasteiger partial charge in [-0.15, -0.1) is 0 Å². The molecule has 1 atom stereocenters. The second-order valence-corrected chi connectivity index (χ2v) is 5.73. The summed E-state index contributed by atoms with van der Waals surface area (Å²) in [5.74, 6) is 0. The summed E-state index contributed by atoms with van der Waals surface area (Å²) in [6.45, 7) is 6.05. The monoisotopic (exact) mass is 297 g/mol. The highest BCUT2D eigenvalue weighted by Gasteiger charge is 2.10. The van der Waals surface area contributed by atoms with Crippen molar-refractivity contribution in [3.05, 3.63) is 54.1 Å². The summed E-state index contributed by atoms with van der Waals surface area (Å²) >= 11 is 0. The van der Waals surface area contributed by atoms with Crippen molar-refractivity contribution in [2.75, 3.05) is 5.32 Å². The fourth-order valence-electron chi connectivity index (χ4n) is 2.32. The van der Waals surface area contributed by atoms with Gasteiger partial charge in [0, 0.05) is 5.39 Å². The third-order valence-corrected chi connectivity index (χ3v) is 3.46. The molecule has 3 heteroatoms. The molecule has 2 aromatic carbocycles. The van der Waals surface area contributed by atoms with Crippen LogP contribution in [0, 0.1) is 0 Å². The fraction of sp³-hybridized carbons (Fsp3) is 0.316. The molecule has 0 radical (unpaired) electrons. The number of allylic oxidation sites excluding steroid dienone is 2. The highest BCUT2D eigenvalue weighted by molar-refractivity contribution is 6.00. The van der Waals surface area contributed by atoms with Crippen molar-refractivity contribution in [2.24, 2.45) is 0 Å². The summed E-state index contributed by atoms with van der Waals surface area (Å²) in [6.07, 6.45) is 3.40. The summed E-state index contributed by atoms with van der Waals surface area (Å²) < 4.78 is 5.41. The number of amides is 1. The molecule has 0 heterocycles. The second kappa shape index (κ2) is 7.64. The first-order chi connectivity index (χ1) is 10.6. The van der Waals surface area contributed by atoms with Gasteiger partial charge in [0.25, 0.3) is 0 Å². The SMILES string of the molecule is CC(C)=CCC[C@H](C)OC(=O)Nc1cccc2ccccc12. The van der Waals surface area contributed by atoms with E-state index in [1.165, 1.54) is 5.57 Å². The van der Waals surface area contributed by atoms with E-state index in [2.05, 4.69) is 25.2 Å². The molecule has 0 spiro atoms. The number of ether oxygens (including phenoxy) is 1. The van der Waals surface area contributed by atoms with E-state index in [1.54, 1.807) is 0 Å². The summed E-state index contributed by atoms with van der Waals surface area (Å²) in [4.78, 5) is 12.0. The Kier molecular flexibility index (Phi) is 5.59. The number of carbonyl (C=O) groups is 1. The van der Waals surface area contributed by atoms with E-state index in [0.717, 1.165) is 29.3 Å². The van der Waals surface area contributed by atoms with Crippen LogP contribution in [-0.2, 0) is 4.74 Å². The number of benzene rings is 2. The van der Waals surface area contributed by atoms with Crippen molar-refractivity contribution >= 4 is 22.6 Å². The number of hydrogen-bond acceptors (Lipinski definition) is 2. The predicted molar refractivity (Wildman–Crippen MR) is 92.2 cm³/mol. The van der Waals surface area contributed by atoms with Crippen LogP contribution in [0.25, 0.3) is 10.8 Å². The van der Waals surface area contributed by atoms with Gasteiger partial charge in [-0.05, 0) is 45.1 Å². The smallest absolute Gasteiger partial charge is 0.411 e. The minimum Gasteiger partial charge on any atom is -0.446 e. The minimum atomic E-state index is -0.402. The van der Waals surface area contributed by atoms with Gasteiger partial charge in [-0.25, -0.2) is 4.79 Å².